The van der Waals surface area contributed by atoms with Gasteiger partial charge in [0.25, 0.3) is 0 Å². The molecular weight excluding hydrogens is 304 g/mol. The molecule has 0 aromatic heterocycles. The number of rotatable bonds is 6. The largest absolute Gasteiger partial charge is 0.338 e. The Morgan fingerprint density at radius 2 is 1.42 bits per heavy atom. The molecule has 0 saturated heterocycles. The molecule has 0 aliphatic heterocycles. The number of hydrogen-bond donors (Lipinski definition) is 3. The van der Waals surface area contributed by atoms with Crippen LogP contribution in [0, 0.1) is 0 Å². The summed E-state index contributed by atoms with van der Waals surface area (Å²) in [6.45, 7) is 1.03. The van der Waals surface area contributed by atoms with Crippen molar-refractivity contribution in [3.63, 3.8) is 0 Å². The molecule has 4 amide bonds. The molecule has 0 radical (unpaired) electrons. The Kier molecular flexibility index (Phi) is 6.64. The second kappa shape index (κ2) is 9.19. The monoisotopic (exact) mass is 326 g/mol. The summed E-state index contributed by atoms with van der Waals surface area (Å²) in [7, 11) is 1.72. The fourth-order valence-corrected chi connectivity index (χ4v) is 2.06. The maximum atomic E-state index is 12.0. The van der Waals surface area contributed by atoms with Crippen LogP contribution in [0.3, 0.4) is 0 Å². The summed E-state index contributed by atoms with van der Waals surface area (Å²) in [4.78, 5) is 25.3. The Bertz CT molecular complexity index is 647. The van der Waals surface area contributed by atoms with Crippen LogP contribution in [0.2, 0.25) is 0 Å². The second-order valence-corrected chi connectivity index (χ2v) is 5.32. The molecule has 2 aromatic carbocycles. The number of carbonyl (C=O) groups is 2. The summed E-state index contributed by atoms with van der Waals surface area (Å²) in [6.07, 6.45) is 0.668. The van der Waals surface area contributed by atoms with Gasteiger partial charge < -0.3 is 20.9 Å². The van der Waals surface area contributed by atoms with E-state index in [9.17, 15) is 9.59 Å². The Balaban J connectivity index is 1.62. The molecule has 0 heterocycles. The van der Waals surface area contributed by atoms with Crippen molar-refractivity contribution in [2.75, 3.05) is 30.8 Å². The predicted octanol–water partition coefficient (Wildman–Crippen LogP) is 3.36. The smallest absolute Gasteiger partial charge is 0.321 e. The number of para-hydroxylation sites is 2. The first-order valence-electron chi connectivity index (χ1n) is 7.82. The minimum absolute atomic E-state index is 0.171. The highest BCUT2D eigenvalue weighted by Crippen LogP contribution is 2.06. The summed E-state index contributed by atoms with van der Waals surface area (Å²) in [6, 6.07) is 18.1. The zero-order valence-electron chi connectivity index (χ0n) is 13.7. The molecular formula is C18H22N4O2. The van der Waals surface area contributed by atoms with E-state index >= 15 is 0 Å². The molecule has 6 heteroatoms. The highest BCUT2D eigenvalue weighted by Gasteiger charge is 2.08. The molecule has 24 heavy (non-hydrogen) atoms. The number of amides is 4. The standard InChI is InChI=1S/C18H22N4O2/c1-22(18(24)21-16-11-6-3-7-12-16)14-8-13-19-17(23)20-15-9-4-2-5-10-15/h2-7,9-12H,8,13-14H2,1H3,(H,21,24)(H2,19,20,23). The average Bonchev–Trinajstić information content (AvgIpc) is 2.60. The van der Waals surface area contributed by atoms with Crippen LogP contribution in [-0.2, 0) is 0 Å². The topological polar surface area (TPSA) is 73.5 Å². The third-order valence-corrected chi connectivity index (χ3v) is 3.36. The number of urea groups is 2. The van der Waals surface area contributed by atoms with Crippen molar-refractivity contribution in [3.8, 4) is 0 Å². The van der Waals surface area contributed by atoms with Crippen LogP contribution >= 0.6 is 0 Å². The van der Waals surface area contributed by atoms with Crippen LogP contribution in [0.4, 0.5) is 21.0 Å². The molecule has 0 saturated carbocycles. The SMILES string of the molecule is CN(CCCNC(=O)Nc1ccccc1)C(=O)Nc1ccccc1. The molecule has 0 atom stereocenters. The third-order valence-electron chi connectivity index (χ3n) is 3.36. The van der Waals surface area contributed by atoms with E-state index in [0.29, 0.717) is 19.5 Å². The number of carbonyl (C=O) groups excluding carboxylic acids is 2. The number of benzene rings is 2. The lowest BCUT2D eigenvalue weighted by Gasteiger charge is -2.18. The van der Waals surface area contributed by atoms with Gasteiger partial charge in [0.1, 0.15) is 0 Å². The molecule has 3 N–H and O–H groups in total. The molecule has 0 bridgehead atoms. The summed E-state index contributed by atoms with van der Waals surface area (Å²) >= 11 is 0. The van der Waals surface area contributed by atoms with E-state index in [2.05, 4.69) is 16.0 Å². The number of hydrogen-bond acceptors (Lipinski definition) is 2. The van der Waals surface area contributed by atoms with Gasteiger partial charge in [-0.3, -0.25) is 0 Å². The van der Waals surface area contributed by atoms with Crippen molar-refractivity contribution >= 4 is 23.4 Å². The quantitative estimate of drug-likeness (QED) is 0.712. The molecule has 0 aliphatic carbocycles. The van der Waals surface area contributed by atoms with Crippen molar-refractivity contribution in [2.45, 2.75) is 6.42 Å². The summed E-state index contributed by atoms with van der Waals surface area (Å²) in [5.41, 5.74) is 1.50. The van der Waals surface area contributed by atoms with E-state index in [-0.39, 0.29) is 12.1 Å². The van der Waals surface area contributed by atoms with Gasteiger partial charge in [-0.1, -0.05) is 36.4 Å². The van der Waals surface area contributed by atoms with Crippen LogP contribution in [0.1, 0.15) is 6.42 Å². The van der Waals surface area contributed by atoms with Crippen LogP contribution < -0.4 is 16.0 Å². The highest BCUT2D eigenvalue weighted by molar-refractivity contribution is 5.89. The first-order chi connectivity index (χ1) is 11.6. The Morgan fingerprint density at radius 1 is 0.875 bits per heavy atom. The lowest BCUT2D eigenvalue weighted by molar-refractivity contribution is 0.221. The molecule has 0 spiro atoms. The van der Waals surface area contributed by atoms with Crippen molar-refractivity contribution in [1.82, 2.24) is 10.2 Å². The van der Waals surface area contributed by atoms with E-state index in [0.717, 1.165) is 11.4 Å². The van der Waals surface area contributed by atoms with Crippen LogP contribution in [0.5, 0.6) is 0 Å². The number of nitrogens with zero attached hydrogens (tertiary/aromatic N) is 1. The minimum Gasteiger partial charge on any atom is -0.338 e. The van der Waals surface area contributed by atoms with Gasteiger partial charge in [-0.25, -0.2) is 9.59 Å². The third kappa shape index (κ3) is 6.00. The number of nitrogens with one attached hydrogen (secondary N) is 3. The normalized spacial score (nSPS) is 9.88. The zero-order chi connectivity index (χ0) is 17.2. The fraction of sp³-hybridized carbons (Fsp3) is 0.222. The molecule has 0 fully saturated rings. The van der Waals surface area contributed by atoms with E-state index in [1.807, 2.05) is 60.7 Å². The van der Waals surface area contributed by atoms with Crippen molar-refractivity contribution in [2.24, 2.45) is 0 Å². The molecule has 126 valence electrons. The Labute approximate surface area is 141 Å². The molecule has 0 aliphatic rings. The minimum atomic E-state index is -0.252. The summed E-state index contributed by atoms with van der Waals surface area (Å²) in [5, 5.41) is 8.32. The van der Waals surface area contributed by atoms with E-state index in [4.69, 9.17) is 0 Å². The van der Waals surface area contributed by atoms with Crippen molar-refractivity contribution in [3.05, 3.63) is 60.7 Å². The first-order valence-corrected chi connectivity index (χ1v) is 7.82. The van der Waals surface area contributed by atoms with Gasteiger partial charge in [0.2, 0.25) is 0 Å². The van der Waals surface area contributed by atoms with Crippen LogP contribution in [-0.4, -0.2) is 37.1 Å². The van der Waals surface area contributed by atoms with Gasteiger partial charge in [0, 0.05) is 31.5 Å². The number of anilines is 2. The van der Waals surface area contributed by atoms with Gasteiger partial charge in [-0.15, -0.1) is 0 Å². The maximum absolute atomic E-state index is 12.0. The summed E-state index contributed by atoms with van der Waals surface area (Å²) < 4.78 is 0. The van der Waals surface area contributed by atoms with Crippen molar-refractivity contribution in [1.29, 1.82) is 0 Å². The molecule has 0 unspecified atom stereocenters. The van der Waals surface area contributed by atoms with Gasteiger partial charge >= 0.3 is 12.1 Å². The van der Waals surface area contributed by atoms with E-state index in [1.165, 1.54) is 0 Å². The van der Waals surface area contributed by atoms with Gasteiger partial charge in [-0.05, 0) is 30.7 Å². The van der Waals surface area contributed by atoms with E-state index in [1.54, 1.807) is 11.9 Å². The summed E-state index contributed by atoms with van der Waals surface area (Å²) in [5.74, 6) is 0. The Morgan fingerprint density at radius 3 is 2.00 bits per heavy atom. The highest BCUT2D eigenvalue weighted by atomic mass is 16.2. The van der Waals surface area contributed by atoms with Crippen molar-refractivity contribution < 1.29 is 9.59 Å². The molecule has 2 aromatic rings. The lowest BCUT2D eigenvalue weighted by Crippen LogP contribution is -2.35. The first kappa shape index (κ1) is 17.3. The van der Waals surface area contributed by atoms with E-state index < -0.39 is 0 Å². The van der Waals surface area contributed by atoms with Gasteiger partial charge in [0.15, 0.2) is 0 Å². The molecule has 2 rings (SSSR count). The lowest BCUT2D eigenvalue weighted by atomic mass is 10.3. The predicted molar refractivity (Wildman–Crippen MR) is 96.2 cm³/mol. The molecule has 6 nitrogen and oxygen atoms in total. The average molecular weight is 326 g/mol. The van der Waals surface area contributed by atoms with Crippen LogP contribution in [0.15, 0.2) is 60.7 Å². The fourth-order valence-electron chi connectivity index (χ4n) is 2.06. The van der Waals surface area contributed by atoms with Crippen LogP contribution in [0.25, 0.3) is 0 Å². The van der Waals surface area contributed by atoms with Gasteiger partial charge in [0.05, 0.1) is 0 Å². The second-order valence-electron chi connectivity index (χ2n) is 5.32. The Hall–Kier alpha value is -3.02. The van der Waals surface area contributed by atoms with Gasteiger partial charge in [-0.2, -0.15) is 0 Å². The zero-order valence-corrected chi connectivity index (χ0v) is 13.7. The maximum Gasteiger partial charge on any atom is 0.321 e.